The Morgan fingerprint density at radius 1 is 1.60 bits per heavy atom. The highest BCUT2D eigenvalue weighted by Gasteiger charge is 2.45. The number of hydrogen-bond donors (Lipinski definition) is 2. The van der Waals surface area contributed by atoms with E-state index in [-0.39, 0.29) is 10.9 Å². The Bertz CT molecular complexity index is 610. The zero-order chi connectivity index (χ0) is 15.0. The molecule has 0 bridgehead atoms. The van der Waals surface area contributed by atoms with E-state index in [0.717, 1.165) is 6.42 Å². The first-order valence-corrected chi connectivity index (χ1v) is 8.00. The van der Waals surface area contributed by atoms with Crippen molar-refractivity contribution in [3.05, 3.63) is 12.3 Å². The van der Waals surface area contributed by atoms with Crippen LogP contribution in [0.5, 0.6) is 0 Å². The van der Waals surface area contributed by atoms with Crippen molar-refractivity contribution < 1.29 is 18.3 Å². The molecule has 0 spiro atoms. The highest BCUT2D eigenvalue weighted by atomic mass is 32.2. The lowest BCUT2D eigenvalue weighted by Gasteiger charge is -2.36. The fraction of sp³-hybridized carbons (Fsp3) is 0.667. The molecule has 8 heteroatoms. The fourth-order valence-corrected chi connectivity index (χ4v) is 4.34. The van der Waals surface area contributed by atoms with Gasteiger partial charge in [0.25, 0.3) is 10.0 Å². The number of carboxylic acids is 1. The van der Waals surface area contributed by atoms with E-state index in [0.29, 0.717) is 19.3 Å². The van der Waals surface area contributed by atoms with Gasteiger partial charge in [-0.15, -0.1) is 0 Å². The predicted molar refractivity (Wildman–Crippen MR) is 71.5 cm³/mol. The second kappa shape index (κ2) is 5.17. The van der Waals surface area contributed by atoms with Crippen molar-refractivity contribution in [1.82, 2.24) is 14.5 Å². The maximum atomic E-state index is 12.4. The van der Waals surface area contributed by atoms with Crippen LogP contribution in [-0.4, -0.2) is 34.8 Å². The number of nitrogens with zero attached hydrogens (tertiary/aromatic N) is 2. The molecule has 2 N–H and O–H groups in total. The third kappa shape index (κ3) is 2.71. The normalized spacial score (nSPS) is 27.4. The standard InChI is InChI=1S/C12H19N3O4S/c1-9-4-3-6-12(8-9,11(16)17)14-20(18,19)10-5-7-13-15(10)2/h5,7,9,14H,3-4,6,8H2,1-2H3,(H,16,17). The number of rotatable bonds is 4. The van der Waals surface area contributed by atoms with Gasteiger partial charge in [-0.1, -0.05) is 19.8 Å². The molecule has 1 aliphatic rings. The monoisotopic (exact) mass is 301 g/mol. The number of hydrogen-bond acceptors (Lipinski definition) is 4. The van der Waals surface area contributed by atoms with E-state index in [1.165, 1.54) is 24.0 Å². The van der Waals surface area contributed by atoms with Crippen LogP contribution in [0.2, 0.25) is 0 Å². The average Bonchev–Trinajstić information content (AvgIpc) is 2.75. The number of carbonyl (C=O) groups is 1. The first-order chi connectivity index (χ1) is 9.27. The molecule has 1 aromatic rings. The zero-order valence-corrected chi connectivity index (χ0v) is 12.4. The van der Waals surface area contributed by atoms with E-state index in [4.69, 9.17) is 0 Å². The largest absolute Gasteiger partial charge is 0.480 e. The Balaban J connectivity index is 2.34. The highest BCUT2D eigenvalue weighted by molar-refractivity contribution is 7.89. The number of carboxylic acid groups (broad SMARTS) is 1. The minimum Gasteiger partial charge on any atom is -0.480 e. The lowest BCUT2D eigenvalue weighted by Crippen LogP contribution is -2.56. The number of aromatic nitrogens is 2. The molecule has 1 fully saturated rings. The first-order valence-electron chi connectivity index (χ1n) is 6.52. The van der Waals surface area contributed by atoms with Crippen LogP contribution in [0.1, 0.15) is 32.6 Å². The molecule has 112 valence electrons. The summed E-state index contributed by atoms with van der Waals surface area (Å²) in [5.74, 6) is -0.941. The Hall–Kier alpha value is -1.41. The van der Waals surface area contributed by atoms with E-state index < -0.39 is 21.5 Å². The van der Waals surface area contributed by atoms with E-state index in [1.54, 1.807) is 0 Å². The van der Waals surface area contributed by atoms with E-state index >= 15 is 0 Å². The summed E-state index contributed by atoms with van der Waals surface area (Å²) in [4.78, 5) is 11.6. The van der Waals surface area contributed by atoms with Crippen molar-refractivity contribution in [3.8, 4) is 0 Å². The van der Waals surface area contributed by atoms with Gasteiger partial charge in [-0.25, -0.2) is 8.42 Å². The van der Waals surface area contributed by atoms with Gasteiger partial charge in [0.15, 0.2) is 5.03 Å². The number of aryl methyl sites for hydroxylation is 1. The fourth-order valence-electron chi connectivity index (χ4n) is 2.82. The molecule has 0 amide bonds. The smallest absolute Gasteiger partial charge is 0.324 e. The second-order valence-corrected chi connectivity index (χ2v) is 7.12. The van der Waals surface area contributed by atoms with Gasteiger partial charge in [0, 0.05) is 7.05 Å². The van der Waals surface area contributed by atoms with E-state index in [1.807, 2.05) is 6.92 Å². The van der Waals surface area contributed by atoms with Crippen molar-refractivity contribution in [2.45, 2.75) is 43.2 Å². The maximum absolute atomic E-state index is 12.4. The van der Waals surface area contributed by atoms with Crippen LogP contribution >= 0.6 is 0 Å². The first kappa shape index (κ1) is 15.0. The molecule has 0 radical (unpaired) electrons. The van der Waals surface area contributed by atoms with Gasteiger partial charge in [0.1, 0.15) is 5.54 Å². The third-order valence-corrected chi connectivity index (χ3v) is 5.40. The summed E-state index contributed by atoms with van der Waals surface area (Å²) in [5.41, 5.74) is -1.42. The molecule has 0 saturated heterocycles. The summed E-state index contributed by atoms with van der Waals surface area (Å²) in [7, 11) is -2.40. The van der Waals surface area contributed by atoms with Crippen LogP contribution in [0.25, 0.3) is 0 Å². The van der Waals surface area contributed by atoms with Crippen LogP contribution in [0, 0.1) is 5.92 Å². The SMILES string of the molecule is CC1CCCC(NS(=O)(=O)c2ccnn2C)(C(=O)O)C1. The zero-order valence-electron chi connectivity index (χ0n) is 11.5. The van der Waals surface area contributed by atoms with Crippen LogP contribution in [0.15, 0.2) is 17.3 Å². The molecule has 1 aliphatic carbocycles. The van der Waals surface area contributed by atoms with Crippen molar-refractivity contribution in [1.29, 1.82) is 0 Å². The van der Waals surface area contributed by atoms with Gasteiger partial charge in [-0.05, 0) is 24.8 Å². The Morgan fingerprint density at radius 3 is 2.80 bits per heavy atom. The summed E-state index contributed by atoms with van der Waals surface area (Å²) in [6, 6.07) is 1.35. The van der Waals surface area contributed by atoms with Gasteiger partial charge in [0.2, 0.25) is 0 Å². The summed E-state index contributed by atoms with van der Waals surface area (Å²) in [6.07, 6.45) is 3.60. The molecular weight excluding hydrogens is 282 g/mol. The van der Waals surface area contributed by atoms with Crippen LogP contribution in [0.3, 0.4) is 0 Å². The summed E-state index contributed by atoms with van der Waals surface area (Å²) in [6.45, 7) is 1.94. The topological polar surface area (TPSA) is 101 Å². The van der Waals surface area contributed by atoms with Gasteiger partial charge in [-0.3, -0.25) is 9.48 Å². The molecule has 1 aromatic heterocycles. The van der Waals surface area contributed by atoms with Crippen molar-refractivity contribution >= 4 is 16.0 Å². The summed E-state index contributed by atoms with van der Waals surface area (Å²) < 4.78 is 28.3. The summed E-state index contributed by atoms with van der Waals surface area (Å²) in [5, 5.41) is 13.3. The molecule has 0 aliphatic heterocycles. The summed E-state index contributed by atoms with van der Waals surface area (Å²) >= 11 is 0. The van der Waals surface area contributed by atoms with Crippen molar-refractivity contribution in [2.75, 3.05) is 0 Å². The molecule has 0 aromatic carbocycles. The van der Waals surface area contributed by atoms with Crippen molar-refractivity contribution in [3.63, 3.8) is 0 Å². The average molecular weight is 301 g/mol. The lowest BCUT2D eigenvalue weighted by molar-refractivity contribution is -0.146. The van der Waals surface area contributed by atoms with Gasteiger partial charge in [0.05, 0.1) is 6.20 Å². The quantitative estimate of drug-likeness (QED) is 0.853. The molecule has 2 rings (SSSR count). The molecule has 2 atom stereocenters. The van der Waals surface area contributed by atoms with Crippen LogP contribution in [-0.2, 0) is 21.9 Å². The van der Waals surface area contributed by atoms with Gasteiger partial charge < -0.3 is 5.11 Å². The predicted octanol–water partition coefficient (Wildman–Crippen LogP) is 0.732. The minimum absolute atomic E-state index is 0.0312. The molecule has 1 saturated carbocycles. The van der Waals surface area contributed by atoms with Crippen LogP contribution in [0.4, 0.5) is 0 Å². The minimum atomic E-state index is -3.90. The Labute approximate surface area is 118 Å². The number of aliphatic carboxylic acids is 1. The van der Waals surface area contributed by atoms with E-state index in [2.05, 4.69) is 9.82 Å². The molecule has 1 heterocycles. The number of nitrogens with one attached hydrogen (secondary N) is 1. The third-order valence-electron chi connectivity index (χ3n) is 3.79. The van der Waals surface area contributed by atoms with E-state index in [9.17, 15) is 18.3 Å². The maximum Gasteiger partial charge on any atom is 0.324 e. The van der Waals surface area contributed by atoms with Gasteiger partial charge >= 0.3 is 5.97 Å². The molecule has 20 heavy (non-hydrogen) atoms. The van der Waals surface area contributed by atoms with Crippen molar-refractivity contribution in [2.24, 2.45) is 13.0 Å². The molecule has 7 nitrogen and oxygen atoms in total. The highest BCUT2D eigenvalue weighted by Crippen LogP contribution is 2.33. The Morgan fingerprint density at radius 2 is 2.30 bits per heavy atom. The second-order valence-electron chi connectivity index (χ2n) is 5.49. The lowest BCUT2D eigenvalue weighted by atomic mass is 9.77. The number of sulfonamides is 1. The molecular formula is C12H19N3O4S. The van der Waals surface area contributed by atoms with Crippen LogP contribution < -0.4 is 4.72 Å². The van der Waals surface area contributed by atoms with Gasteiger partial charge in [-0.2, -0.15) is 9.82 Å². The Kier molecular flexibility index (Phi) is 3.88. The molecule has 2 unspecified atom stereocenters.